The molecule has 1 heterocycles. The van der Waals surface area contributed by atoms with Gasteiger partial charge in [0, 0.05) is 15.6 Å². The van der Waals surface area contributed by atoms with Crippen LogP contribution in [0.25, 0.3) is 0 Å². The summed E-state index contributed by atoms with van der Waals surface area (Å²) in [6, 6.07) is 11.6. The van der Waals surface area contributed by atoms with Crippen molar-refractivity contribution < 1.29 is 24.1 Å². The molecule has 2 aromatic rings. The van der Waals surface area contributed by atoms with Crippen LogP contribution in [0.3, 0.4) is 0 Å². The summed E-state index contributed by atoms with van der Waals surface area (Å²) in [5.74, 6) is 1.27. The van der Waals surface area contributed by atoms with Crippen molar-refractivity contribution in [2.45, 2.75) is 25.8 Å². The Balaban J connectivity index is 2.12. The lowest BCUT2D eigenvalue weighted by atomic mass is 9.90. The molecule has 1 aliphatic rings. The van der Waals surface area contributed by atoms with Crippen LogP contribution >= 0.6 is 15.9 Å². The van der Waals surface area contributed by atoms with Gasteiger partial charge in [-0.15, -0.1) is 0 Å². The van der Waals surface area contributed by atoms with E-state index < -0.39 is 5.97 Å². The molecule has 0 aromatic heterocycles. The van der Waals surface area contributed by atoms with Gasteiger partial charge in [-0.2, -0.15) is 0 Å². The van der Waals surface area contributed by atoms with Gasteiger partial charge in [-0.3, -0.25) is 9.69 Å². The van der Waals surface area contributed by atoms with E-state index >= 15 is 0 Å². The minimum Gasteiger partial charge on any atom is -0.497 e. The smallest absolute Gasteiger partial charge is 0.306 e. The van der Waals surface area contributed by atoms with E-state index in [1.54, 1.807) is 14.2 Å². The Morgan fingerprint density at radius 3 is 2.37 bits per heavy atom. The van der Waals surface area contributed by atoms with Crippen molar-refractivity contribution in [3.8, 4) is 17.2 Å². The molecule has 30 heavy (non-hydrogen) atoms. The lowest BCUT2D eigenvalue weighted by Crippen LogP contribution is -2.39. The van der Waals surface area contributed by atoms with Gasteiger partial charge in [0.05, 0.1) is 32.8 Å². The number of nitrogens with zero attached hydrogens (tertiary/aromatic N) is 1. The van der Waals surface area contributed by atoms with Gasteiger partial charge in [0.1, 0.15) is 17.2 Å². The van der Waals surface area contributed by atoms with Crippen molar-refractivity contribution in [1.82, 2.24) is 4.90 Å². The molecule has 0 aliphatic carbocycles. The van der Waals surface area contributed by atoms with Gasteiger partial charge in [-0.05, 0) is 69.3 Å². The molecular formula is C23H28BrNO5. The van der Waals surface area contributed by atoms with Gasteiger partial charge in [-0.25, -0.2) is 0 Å². The predicted molar refractivity (Wildman–Crippen MR) is 119 cm³/mol. The third kappa shape index (κ3) is 4.90. The molecular weight excluding hydrogens is 450 g/mol. The molecule has 1 saturated heterocycles. The summed E-state index contributed by atoms with van der Waals surface area (Å²) in [4.78, 5) is 13.8. The van der Waals surface area contributed by atoms with Crippen molar-refractivity contribution in [2.24, 2.45) is 5.92 Å². The van der Waals surface area contributed by atoms with Crippen LogP contribution in [0.1, 0.15) is 36.9 Å². The van der Waals surface area contributed by atoms with Gasteiger partial charge in [0.25, 0.3) is 0 Å². The van der Waals surface area contributed by atoms with Crippen LogP contribution in [0.5, 0.6) is 17.2 Å². The lowest BCUT2D eigenvalue weighted by Gasteiger charge is -2.38. The molecule has 0 amide bonds. The van der Waals surface area contributed by atoms with Crippen molar-refractivity contribution in [2.75, 3.05) is 33.9 Å². The SMILES string of the molecule is CCOc1ccc(Br)cc1C(c1cc(OC)ccc1OC)N1CCC(C(=O)O)CC1. The van der Waals surface area contributed by atoms with Crippen molar-refractivity contribution in [1.29, 1.82) is 0 Å². The van der Waals surface area contributed by atoms with Crippen LogP contribution in [0.15, 0.2) is 40.9 Å². The highest BCUT2D eigenvalue weighted by atomic mass is 79.9. The van der Waals surface area contributed by atoms with Crippen molar-refractivity contribution >= 4 is 21.9 Å². The maximum absolute atomic E-state index is 11.5. The summed E-state index contributed by atoms with van der Waals surface area (Å²) in [5, 5.41) is 9.42. The zero-order valence-electron chi connectivity index (χ0n) is 17.6. The number of likely N-dealkylation sites (tertiary alicyclic amines) is 1. The Labute approximate surface area is 185 Å². The number of methoxy groups -OCH3 is 2. The largest absolute Gasteiger partial charge is 0.497 e. The quantitative estimate of drug-likeness (QED) is 0.591. The highest BCUT2D eigenvalue weighted by Gasteiger charge is 2.33. The topological polar surface area (TPSA) is 68.2 Å². The fourth-order valence-corrected chi connectivity index (χ4v) is 4.42. The van der Waals surface area contributed by atoms with E-state index in [9.17, 15) is 9.90 Å². The third-order valence-electron chi connectivity index (χ3n) is 5.54. The first kappa shape index (κ1) is 22.4. The number of benzene rings is 2. The summed E-state index contributed by atoms with van der Waals surface area (Å²) < 4.78 is 18.1. The Hall–Kier alpha value is -2.25. The van der Waals surface area contributed by atoms with Crippen molar-refractivity contribution in [3.63, 3.8) is 0 Å². The first-order valence-electron chi connectivity index (χ1n) is 10.1. The molecule has 0 radical (unpaired) electrons. The lowest BCUT2D eigenvalue weighted by molar-refractivity contribution is -0.143. The number of aliphatic carboxylic acids is 1. The molecule has 0 saturated carbocycles. The fraction of sp³-hybridized carbons (Fsp3) is 0.435. The van der Waals surface area contributed by atoms with E-state index in [4.69, 9.17) is 14.2 Å². The molecule has 6 nitrogen and oxygen atoms in total. The van der Waals surface area contributed by atoms with Gasteiger partial charge < -0.3 is 19.3 Å². The summed E-state index contributed by atoms with van der Waals surface area (Å²) in [7, 11) is 3.30. The van der Waals surface area contributed by atoms with Gasteiger partial charge in [0.15, 0.2) is 0 Å². The second-order valence-corrected chi connectivity index (χ2v) is 8.19. The highest BCUT2D eigenvalue weighted by molar-refractivity contribution is 9.10. The Kier molecular flexibility index (Phi) is 7.61. The molecule has 1 unspecified atom stereocenters. The number of carboxylic acids is 1. The first-order chi connectivity index (χ1) is 14.5. The molecule has 1 fully saturated rings. The third-order valence-corrected chi connectivity index (χ3v) is 6.03. The van der Waals surface area contributed by atoms with Crippen molar-refractivity contribution in [3.05, 3.63) is 52.0 Å². The summed E-state index contributed by atoms with van der Waals surface area (Å²) in [6.07, 6.45) is 1.21. The van der Waals surface area contributed by atoms with E-state index in [-0.39, 0.29) is 12.0 Å². The normalized spacial score (nSPS) is 16.1. The summed E-state index contributed by atoms with van der Waals surface area (Å²) in [5.41, 5.74) is 1.97. The molecule has 7 heteroatoms. The molecule has 3 rings (SSSR count). The molecule has 0 bridgehead atoms. The molecule has 1 aliphatic heterocycles. The summed E-state index contributed by atoms with van der Waals surface area (Å²) >= 11 is 3.60. The van der Waals surface area contributed by atoms with E-state index in [0.29, 0.717) is 32.5 Å². The fourth-order valence-electron chi connectivity index (χ4n) is 4.04. The summed E-state index contributed by atoms with van der Waals surface area (Å²) in [6.45, 7) is 3.85. The average molecular weight is 478 g/mol. The zero-order valence-corrected chi connectivity index (χ0v) is 19.1. The first-order valence-corrected chi connectivity index (χ1v) is 10.9. The second kappa shape index (κ2) is 10.2. The Morgan fingerprint density at radius 1 is 1.10 bits per heavy atom. The number of piperidine rings is 1. The van der Waals surface area contributed by atoms with Crippen LogP contribution in [-0.2, 0) is 4.79 Å². The second-order valence-electron chi connectivity index (χ2n) is 7.27. The van der Waals surface area contributed by atoms with E-state index in [1.165, 1.54) is 0 Å². The van der Waals surface area contributed by atoms with E-state index in [1.807, 2.05) is 37.3 Å². The number of carboxylic acid groups (broad SMARTS) is 1. The number of ether oxygens (including phenoxy) is 3. The number of hydrogen-bond donors (Lipinski definition) is 1. The Bertz CT molecular complexity index is 880. The molecule has 2 aromatic carbocycles. The molecule has 1 atom stereocenters. The number of hydrogen-bond acceptors (Lipinski definition) is 5. The van der Waals surface area contributed by atoms with Crippen LogP contribution < -0.4 is 14.2 Å². The van der Waals surface area contributed by atoms with Gasteiger partial charge in [-0.1, -0.05) is 15.9 Å². The minimum atomic E-state index is -0.720. The zero-order chi connectivity index (χ0) is 21.7. The molecule has 1 N–H and O–H groups in total. The van der Waals surface area contributed by atoms with Gasteiger partial charge in [0.2, 0.25) is 0 Å². The number of halogens is 1. The number of carbonyl (C=O) groups is 1. The van der Waals surface area contributed by atoms with E-state index in [0.717, 1.165) is 32.8 Å². The van der Waals surface area contributed by atoms with Crippen LogP contribution in [0.4, 0.5) is 0 Å². The molecule has 0 spiro atoms. The average Bonchev–Trinajstić information content (AvgIpc) is 2.76. The number of rotatable bonds is 8. The minimum absolute atomic E-state index is 0.163. The Morgan fingerprint density at radius 2 is 1.77 bits per heavy atom. The van der Waals surface area contributed by atoms with Crippen LogP contribution in [0, 0.1) is 5.92 Å². The standard InChI is InChI=1S/C23H28BrNO5/c1-4-30-21-7-5-16(24)13-18(21)22(25-11-9-15(10-12-25)23(26)27)19-14-17(28-2)6-8-20(19)29-3/h5-8,13-15,22H,4,9-12H2,1-3H3,(H,26,27). The molecule has 162 valence electrons. The van der Waals surface area contributed by atoms with Gasteiger partial charge >= 0.3 is 5.97 Å². The monoisotopic (exact) mass is 477 g/mol. The maximum Gasteiger partial charge on any atom is 0.306 e. The van der Waals surface area contributed by atoms with Crippen LogP contribution in [-0.4, -0.2) is 49.9 Å². The van der Waals surface area contributed by atoms with E-state index in [2.05, 4.69) is 26.9 Å². The maximum atomic E-state index is 11.5. The highest BCUT2D eigenvalue weighted by Crippen LogP contribution is 2.42. The van der Waals surface area contributed by atoms with Crippen LogP contribution in [0.2, 0.25) is 0 Å². The predicted octanol–water partition coefficient (Wildman–Crippen LogP) is 4.75.